The van der Waals surface area contributed by atoms with Crippen molar-refractivity contribution < 1.29 is 10.2 Å². The Kier molecular flexibility index (Phi) is 9.74. The highest BCUT2D eigenvalue weighted by Gasteiger charge is 2.20. The first-order valence-corrected chi connectivity index (χ1v) is 14.6. The molecule has 0 aliphatic heterocycles. The van der Waals surface area contributed by atoms with Crippen LogP contribution < -0.4 is 0 Å². The molecule has 0 heterocycles. The van der Waals surface area contributed by atoms with Gasteiger partial charge in [-0.25, -0.2) is 0 Å². The maximum absolute atomic E-state index is 10.8. The predicted molar refractivity (Wildman–Crippen MR) is 163 cm³/mol. The van der Waals surface area contributed by atoms with Crippen LogP contribution in [0.25, 0.3) is 0 Å². The van der Waals surface area contributed by atoms with Crippen molar-refractivity contribution in [2.45, 2.75) is 118 Å². The molecule has 2 nitrogen and oxygen atoms in total. The van der Waals surface area contributed by atoms with E-state index >= 15 is 0 Å². The van der Waals surface area contributed by atoms with Crippen LogP contribution in [0.15, 0.2) is 48.5 Å². The zero-order valence-corrected chi connectivity index (χ0v) is 25.4. The van der Waals surface area contributed by atoms with E-state index in [0.29, 0.717) is 23.3 Å². The molecule has 0 saturated heterocycles. The molecule has 0 aromatic heterocycles. The topological polar surface area (TPSA) is 40.5 Å². The highest BCUT2D eigenvalue weighted by Crippen LogP contribution is 2.39. The summed E-state index contributed by atoms with van der Waals surface area (Å²) in [5.74, 6) is 2.81. The quantitative estimate of drug-likeness (QED) is 0.282. The molecular formula is C36H50O2. The Morgan fingerprint density at radius 3 is 1.03 bits per heavy atom. The Bertz CT molecular complexity index is 1080. The Labute approximate surface area is 232 Å². The van der Waals surface area contributed by atoms with Crippen LogP contribution in [-0.4, -0.2) is 10.2 Å². The van der Waals surface area contributed by atoms with E-state index in [9.17, 15) is 10.2 Å². The van der Waals surface area contributed by atoms with Gasteiger partial charge in [0.2, 0.25) is 0 Å². The van der Waals surface area contributed by atoms with Gasteiger partial charge in [-0.05, 0) is 92.9 Å². The Morgan fingerprint density at radius 1 is 0.474 bits per heavy atom. The monoisotopic (exact) mass is 514 g/mol. The van der Waals surface area contributed by atoms with Crippen LogP contribution in [0.3, 0.4) is 0 Å². The first-order chi connectivity index (χ1) is 17.8. The van der Waals surface area contributed by atoms with Gasteiger partial charge in [-0.15, -0.1) is 0 Å². The molecule has 0 spiro atoms. The van der Waals surface area contributed by atoms with E-state index in [-0.39, 0.29) is 23.7 Å². The average Bonchev–Trinajstić information content (AvgIpc) is 2.83. The molecule has 3 aromatic carbocycles. The molecule has 2 heteroatoms. The lowest BCUT2D eigenvalue weighted by Gasteiger charge is -2.22. The van der Waals surface area contributed by atoms with Crippen molar-refractivity contribution in [2.75, 3.05) is 0 Å². The summed E-state index contributed by atoms with van der Waals surface area (Å²) < 4.78 is 0. The van der Waals surface area contributed by atoms with E-state index < -0.39 is 0 Å². The number of aromatic hydroxyl groups is 2. The lowest BCUT2D eigenvalue weighted by molar-refractivity contribution is 0.453. The van der Waals surface area contributed by atoms with Crippen LogP contribution in [0.4, 0.5) is 0 Å². The molecule has 3 rings (SSSR count). The number of phenols is 2. The van der Waals surface area contributed by atoms with Crippen LogP contribution in [0, 0.1) is 0 Å². The summed E-state index contributed by atoms with van der Waals surface area (Å²) in [5.41, 5.74) is 9.52. The molecule has 0 fully saturated rings. The minimum Gasteiger partial charge on any atom is -0.507 e. The molecule has 206 valence electrons. The van der Waals surface area contributed by atoms with Gasteiger partial charge in [-0.2, -0.15) is 0 Å². The van der Waals surface area contributed by atoms with Crippen molar-refractivity contribution in [1.82, 2.24) is 0 Å². The largest absolute Gasteiger partial charge is 0.507 e. The van der Waals surface area contributed by atoms with Gasteiger partial charge in [0.25, 0.3) is 0 Å². The van der Waals surface area contributed by atoms with E-state index in [4.69, 9.17) is 0 Å². The van der Waals surface area contributed by atoms with Crippen LogP contribution in [0.1, 0.15) is 149 Å². The van der Waals surface area contributed by atoms with Crippen molar-refractivity contribution >= 4 is 0 Å². The van der Waals surface area contributed by atoms with Crippen molar-refractivity contribution in [3.63, 3.8) is 0 Å². The van der Waals surface area contributed by atoms with Gasteiger partial charge in [-0.1, -0.05) is 118 Å². The molecule has 38 heavy (non-hydrogen) atoms. The maximum Gasteiger partial charge on any atom is 0.122 e. The number of rotatable bonds is 10. The van der Waals surface area contributed by atoms with Crippen molar-refractivity contribution in [3.05, 3.63) is 93.0 Å². The molecule has 0 bridgehead atoms. The first-order valence-electron chi connectivity index (χ1n) is 14.6. The van der Waals surface area contributed by atoms with E-state index in [2.05, 4.69) is 118 Å². The normalized spacial score (nSPS) is 13.6. The molecule has 2 unspecified atom stereocenters. The average molecular weight is 515 g/mol. The first kappa shape index (κ1) is 29.8. The molecule has 0 amide bonds. The van der Waals surface area contributed by atoms with E-state index in [0.717, 1.165) is 35.1 Å². The zero-order chi connectivity index (χ0) is 28.3. The second kappa shape index (κ2) is 12.4. The second-order valence-electron chi connectivity index (χ2n) is 12.7. The van der Waals surface area contributed by atoms with E-state index in [1.165, 1.54) is 22.3 Å². The fourth-order valence-electron chi connectivity index (χ4n) is 5.56. The fraction of sp³-hybridized carbons (Fsp3) is 0.500. The fourth-order valence-corrected chi connectivity index (χ4v) is 5.56. The minimum absolute atomic E-state index is 0.289. The lowest BCUT2D eigenvalue weighted by atomic mass is 9.84. The molecule has 0 aliphatic carbocycles. The number of hydrogen-bond donors (Lipinski definition) is 2. The Hall–Kier alpha value is -2.74. The van der Waals surface area contributed by atoms with Gasteiger partial charge in [-0.3, -0.25) is 0 Å². The van der Waals surface area contributed by atoms with Gasteiger partial charge in [0.05, 0.1) is 0 Å². The molecule has 3 aromatic rings. The number of phenolic OH excluding ortho intramolecular Hbond substituents is 2. The van der Waals surface area contributed by atoms with E-state index in [1.54, 1.807) is 0 Å². The molecular weight excluding hydrogens is 464 g/mol. The van der Waals surface area contributed by atoms with Crippen LogP contribution in [0.5, 0.6) is 11.5 Å². The van der Waals surface area contributed by atoms with Crippen LogP contribution in [-0.2, 0) is 12.8 Å². The van der Waals surface area contributed by atoms with Gasteiger partial charge in [0, 0.05) is 0 Å². The van der Waals surface area contributed by atoms with Crippen LogP contribution in [0.2, 0.25) is 0 Å². The van der Waals surface area contributed by atoms with Gasteiger partial charge >= 0.3 is 0 Å². The summed E-state index contributed by atoms with van der Waals surface area (Å²) in [5, 5.41) is 21.7. The molecule has 0 saturated carbocycles. The van der Waals surface area contributed by atoms with Gasteiger partial charge in [0.15, 0.2) is 0 Å². The summed E-state index contributed by atoms with van der Waals surface area (Å²) in [6.45, 7) is 21.8. The van der Waals surface area contributed by atoms with Crippen molar-refractivity contribution in [2.24, 2.45) is 0 Å². The summed E-state index contributed by atoms with van der Waals surface area (Å²) >= 11 is 0. The third kappa shape index (κ3) is 6.82. The number of hydrogen-bond acceptors (Lipinski definition) is 2. The minimum atomic E-state index is 0.289. The van der Waals surface area contributed by atoms with Gasteiger partial charge in [0.1, 0.15) is 11.5 Å². The lowest BCUT2D eigenvalue weighted by Crippen LogP contribution is -2.05. The number of benzene rings is 3. The SMILES string of the molecule is CC(C)c1cc(C(C)Cc2cccc(CC(C)c3cc(C(C)C)c(O)c(C(C)C)c3)c2)cc(C(C)C)c1O. The molecule has 0 aliphatic rings. The van der Waals surface area contributed by atoms with Crippen molar-refractivity contribution in [3.8, 4) is 11.5 Å². The summed E-state index contributed by atoms with van der Waals surface area (Å²) in [6, 6.07) is 17.9. The molecule has 2 atom stereocenters. The smallest absolute Gasteiger partial charge is 0.122 e. The summed E-state index contributed by atoms with van der Waals surface area (Å²) in [7, 11) is 0. The third-order valence-electron chi connectivity index (χ3n) is 8.08. The van der Waals surface area contributed by atoms with E-state index in [1.807, 2.05) is 0 Å². The Balaban J connectivity index is 1.84. The van der Waals surface area contributed by atoms with Crippen LogP contribution >= 0.6 is 0 Å². The third-order valence-corrected chi connectivity index (χ3v) is 8.08. The Morgan fingerprint density at radius 2 is 0.763 bits per heavy atom. The molecule has 0 radical (unpaired) electrons. The van der Waals surface area contributed by atoms with Crippen molar-refractivity contribution in [1.29, 1.82) is 0 Å². The zero-order valence-electron chi connectivity index (χ0n) is 25.4. The summed E-state index contributed by atoms with van der Waals surface area (Å²) in [4.78, 5) is 0. The predicted octanol–water partition coefficient (Wildman–Crippen LogP) is 10.3. The second-order valence-corrected chi connectivity index (χ2v) is 12.7. The standard InChI is InChI=1S/C36H50O2/c1-21(2)31-17-29(18-32(22(3)4)35(31)37)25(9)14-27-12-11-13-28(16-27)15-26(10)30-19-33(23(5)6)36(38)34(20-30)24(7)8/h11-13,16-26,37-38H,14-15H2,1-10H3. The highest BCUT2D eigenvalue weighted by atomic mass is 16.3. The maximum atomic E-state index is 10.8. The molecule has 2 N–H and O–H groups in total. The highest BCUT2D eigenvalue weighted by molar-refractivity contribution is 5.49. The van der Waals surface area contributed by atoms with Gasteiger partial charge < -0.3 is 10.2 Å². The summed E-state index contributed by atoms with van der Waals surface area (Å²) in [6.07, 6.45) is 1.94.